The molecule has 8 heteroatoms. The number of para-hydroxylation sites is 1. The lowest BCUT2D eigenvalue weighted by atomic mass is 9.76. The van der Waals surface area contributed by atoms with Crippen LogP contribution in [0.15, 0.2) is 24.3 Å². The number of benzene rings is 1. The van der Waals surface area contributed by atoms with E-state index in [0.717, 1.165) is 32.5 Å². The molecule has 0 bridgehead atoms. The quantitative estimate of drug-likeness (QED) is 0.530. The summed E-state index contributed by atoms with van der Waals surface area (Å²) in [7, 11) is 0. The van der Waals surface area contributed by atoms with Crippen LogP contribution in [-0.2, 0) is 14.3 Å². The van der Waals surface area contributed by atoms with Gasteiger partial charge < -0.3 is 19.5 Å². The Balaban J connectivity index is 0.000000913. The SMILES string of the molecule is CCCOc1ccccc1C(=O)N1CCC2(CC1)CC(CN1CCCC1)OC2=O.O=CO. The van der Waals surface area contributed by atoms with Crippen molar-refractivity contribution in [1.29, 1.82) is 0 Å². The summed E-state index contributed by atoms with van der Waals surface area (Å²) in [6.07, 6.45) is 5.55. The maximum absolute atomic E-state index is 13.1. The minimum absolute atomic E-state index is 0.00558. The van der Waals surface area contributed by atoms with Crippen LogP contribution in [0, 0.1) is 5.41 Å². The third-order valence-electron chi connectivity index (χ3n) is 6.57. The molecular formula is C24H34N2O6. The molecule has 4 rings (SSSR count). The minimum atomic E-state index is -0.403. The second-order valence-electron chi connectivity index (χ2n) is 8.76. The zero-order chi connectivity index (χ0) is 23.0. The normalized spacial score (nSPS) is 22.2. The number of hydrogen-bond donors (Lipinski definition) is 1. The summed E-state index contributed by atoms with van der Waals surface area (Å²) in [6, 6.07) is 7.44. The van der Waals surface area contributed by atoms with Gasteiger partial charge in [0.25, 0.3) is 12.4 Å². The van der Waals surface area contributed by atoms with Gasteiger partial charge in [-0.15, -0.1) is 0 Å². The number of carbonyl (C=O) groups is 3. The highest BCUT2D eigenvalue weighted by Gasteiger charge is 2.51. The third kappa shape index (κ3) is 5.59. The molecule has 1 amide bonds. The van der Waals surface area contributed by atoms with Gasteiger partial charge in [-0.2, -0.15) is 0 Å². The number of carbonyl (C=O) groups excluding carboxylic acids is 2. The third-order valence-corrected chi connectivity index (χ3v) is 6.57. The first-order valence-electron chi connectivity index (χ1n) is 11.6. The molecule has 1 spiro atoms. The number of amides is 1. The van der Waals surface area contributed by atoms with Crippen LogP contribution in [-0.4, -0.2) is 78.7 Å². The van der Waals surface area contributed by atoms with Crippen molar-refractivity contribution in [2.24, 2.45) is 5.41 Å². The highest BCUT2D eigenvalue weighted by atomic mass is 16.6. The summed E-state index contributed by atoms with van der Waals surface area (Å²) in [6.45, 7) is 6.66. The van der Waals surface area contributed by atoms with Gasteiger partial charge in [0.2, 0.25) is 0 Å². The molecule has 0 radical (unpaired) electrons. The summed E-state index contributed by atoms with van der Waals surface area (Å²) in [4.78, 5) is 38.4. The Morgan fingerprint density at radius 1 is 1.22 bits per heavy atom. The van der Waals surface area contributed by atoms with Crippen LogP contribution in [0.5, 0.6) is 5.75 Å². The van der Waals surface area contributed by atoms with E-state index >= 15 is 0 Å². The van der Waals surface area contributed by atoms with Crippen molar-refractivity contribution in [3.8, 4) is 5.75 Å². The minimum Gasteiger partial charge on any atom is -0.493 e. The molecule has 3 fully saturated rings. The van der Waals surface area contributed by atoms with Gasteiger partial charge in [0.1, 0.15) is 11.9 Å². The zero-order valence-corrected chi connectivity index (χ0v) is 18.8. The molecule has 0 aromatic heterocycles. The van der Waals surface area contributed by atoms with Crippen LogP contribution in [0.25, 0.3) is 0 Å². The number of nitrogens with zero attached hydrogens (tertiary/aromatic N) is 2. The molecule has 1 unspecified atom stereocenters. The highest BCUT2D eigenvalue weighted by Crippen LogP contribution is 2.43. The molecule has 176 valence electrons. The molecule has 1 aromatic rings. The van der Waals surface area contributed by atoms with Gasteiger partial charge in [-0.05, 0) is 57.3 Å². The van der Waals surface area contributed by atoms with Gasteiger partial charge in [-0.3, -0.25) is 19.3 Å². The zero-order valence-electron chi connectivity index (χ0n) is 18.8. The predicted octanol–water partition coefficient (Wildman–Crippen LogP) is 2.81. The fraction of sp³-hybridized carbons (Fsp3) is 0.625. The standard InChI is InChI=1S/C23H32N2O4.CH2O2/c1-2-15-28-20-8-4-3-7-19(20)21(26)25-13-9-23(10-14-25)16-18(29-22(23)27)17-24-11-5-6-12-24;2-1-3/h3-4,7-8,18H,2,5-6,9-17H2,1H3;1H,(H,2,3). The monoisotopic (exact) mass is 446 g/mol. The topological polar surface area (TPSA) is 96.4 Å². The number of likely N-dealkylation sites (tertiary alicyclic amines) is 2. The molecule has 0 saturated carbocycles. The Kier molecular flexibility index (Phi) is 8.50. The second-order valence-corrected chi connectivity index (χ2v) is 8.76. The van der Waals surface area contributed by atoms with Crippen molar-refractivity contribution < 1.29 is 29.0 Å². The van der Waals surface area contributed by atoms with Crippen molar-refractivity contribution in [3.63, 3.8) is 0 Å². The number of hydrogen-bond acceptors (Lipinski definition) is 6. The van der Waals surface area contributed by atoms with Gasteiger partial charge in [0.15, 0.2) is 0 Å². The molecule has 3 heterocycles. The van der Waals surface area contributed by atoms with Gasteiger partial charge in [0, 0.05) is 26.1 Å². The van der Waals surface area contributed by atoms with E-state index in [-0.39, 0.29) is 24.5 Å². The molecular weight excluding hydrogens is 412 g/mol. The first-order valence-corrected chi connectivity index (χ1v) is 11.6. The Hall–Kier alpha value is -2.61. The maximum Gasteiger partial charge on any atom is 0.312 e. The van der Waals surface area contributed by atoms with Crippen molar-refractivity contribution >= 4 is 18.3 Å². The predicted molar refractivity (Wildman–Crippen MR) is 119 cm³/mol. The first-order chi connectivity index (χ1) is 15.5. The lowest BCUT2D eigenvalue weighted by Gasteiger charge is -2.36. The maximum atomic E-state index is 13.1. The smallest absolute Gasteiger partial charge is 0.312 e. The lowest BCUT2D eigenvalue weighted by Crippen LogP contribution is -2.45. The van der Waals surface area contributed by atoms with Crippen molar-refractivity contribution in [3.05, 3.63) is 29.8 Å². The molecule has 3 aliphatic rings. The van der Waals surface area contributed by atoms with Crippen molar-refractivity contribution in [2.75, 3.05) is 39.3 Å². The molecule has 1 N–H and O–H groups in total. The van der Waals surface area contributed by atoms with Gasteiger partial charge in [-0.25, -0.2) is 0 Å². The Labute approximate surface area is 189 Å². The van der Waals surface area contributed by atoms with Crippen LogP contribution >= 0.6 is 0 Å². The molecule has 32 heavy (non-hydrogen) atoms. The molecule has 8 nitrogen and oxygen atoms in total. The van der Waals surface area contributed by atoms with Crippen LogP contribution in [0.4, 0.5) is 0 Å². The van der Waals surface area contributed by atoms with Gasteiger partial charge in [-0.1, -0.05) is 19.1 Å². The van der Waals surface area contributed by atoms with Crippen LogP contribution in [0.1, 0.15) is 55.8 Å². The summed E-state index contributed by atoms with van der Waals surface area (Å²) < 4.78 is 11.5. The average molecular weight is 447 g/mol. The van der Waals surface area contributed by atoms with E-state index in [1.54, 1.807) is 0 Å². The molecule has 1 atom stereocenters. The summed E-state index contributed by atoms with van der Waals surface area (Å²) in [5.41, 5.74) is 0.206. The van der Waals surface area contributed by atoms with E-state index in [1.807, 2.05) is 36.1 Å². The Morgan fingerprint density at radius 2 is 1.88 bits per heavy atom. The summed E-state index contributed by atoms with van der Waals surface area (Å²) >= 11 is 0. The van der Waals surface area contributed by atoms with E-state index in [9.17, 15) is 9.59 Å². The van der Waals surface area contributed by atoms with Crippen LogP contribution in [0.3, 0.4) is 0 Å². The number of esters is 1. The average Bonchev–Trinajstić information content (AvgIpc) is 3.41. The van der Waals surface area contributed by atoms with Crippen LogP contribution in [0.2, 0.25) is 0 Å². The number of ether oxygens (including phenoxy) is 2. The number of piperidine rings is 1. The van der Waals surface area contributed by atoms with Gasteiger partial charge >= 0.3 is 5.97 Å². The summed E-state index contributed by atoms with van der Waals surface area (Å²) in [5, 5.41) is 6.89. The number of rotatable bonds is 6. The first kappa shape index (κ1) is 24.0. The van der Waals surface area contributed by atoms with E-state index in [1.165, 1.54) is 12.8 Å². The van der Waals surface area contributed by atoms with E-state index in [2.05, 4.69) is 4.90 Å². The largest absolute Gasteiger partial charge is 0.493 e. The number of cyclic esters (lactones) is 1. The van der Waals surface area contributed by atoms with Crippen molar-refractivity contribution in [1.82, 2.24) is 9.80 Å². The molecule has 3 aliphatic heterocycles. The van der Waals surface area contributed by atoms with E-state index in [4.69, 9.17) is 19.4 Å². The number of carboxylic acid groups (broad SMARTS) is 1. The lowest BCUT2D eigenvalue weighted by molar-refractivity contribution is -0.151. The second kappa shape index (κ2) is 11.3. The Morgan fingerprint density at radius 3 is 2.53 bits per heavy atom. The van der Waals surface area contributed by atoms with Gasteiger partial charge in [0.05, 0.1) is 17.6 Å². The van der Waals surface area contributed by atoms with Crippen molar-refractivity contribution in [2.45, 2.75) is 51.6 Å². The fourth-order valence-electron chi connectivity index (χ4n) is 4.89. The van der Waals surface area contributed by atoms with Crippen LogP contribution < -0.4 is 4.74 Å². The molecule has 1 aromatic carbocycles. The summed E-state index contributed by atoms with van der Waals surface area (Å²) in [5.74, 6) is 0.581. The molecule has 0 aliphatic carbocycles. The van der Waals surface area contributed by atoms with E-state index < -0.39 is 5.41 Å². The fourth-order valence-corrected chi connectivity index (χ4v) is 4.89. The van der Waals surface area contributed by atoms with E-state index in [0.29, 0.717) is 43.9 Å². The highest BCUT2D eigenvalue weighted by molar-refractivity contribution is 5.97. The molecule has 3 saturated heterocycles. The Bertz CT molecular complexity index is 784.